The zero-order chi connectivity index (χ0) is 14.9. The average molecular weight is 278 g/mol. The summed E-state index contributed by atoms with van der Waals surface area (Å²) in [6.45, 7) is 7.58. The number of hydrogen-bond acceptors (Lipinski definition) is 1. The predicted octanol–water partition coefficient (Wildman–Crippen LogP) is 5.08. The smallest absolute Gasteiger partial charge is 0.0457 e. The van der Waals surface area contributed by atoms with Gasteiger partial charge in [-0.3, -0.25) is 0 Å². The summed E-state index contributed by atoms with van der Waals surface area (Å²) >= 11 is 0. The molecule has 0 saturated heterocycles. The Morgan fingerprint density at radius 3 is 2.48 bits per heavy atom. The maximum atomic E-state index is 3.59. The van der Waals surface area contributed by atoms with Crippen molar-refractivity contribution in [2.24, 2.45) is 0 Å². The van der Waals surface area contributed by atoms with Crippen LogP contribution in [0.4, 0.5) is 5.69 Å². The van der Waals surface area contributed by atoms with Crippen molar-refractivity contribution in [3.05, 3.63) is 65.9 Å². The van der Waals surface area contributed by atoms with Gasteiger partial charge in [-0.2, -0.15) is 0 Å². The topological polar surface area (TPSA) is 27.8 Å². The number of H-pyrrole nitrogens is 1. The highest BCUT2D eigenvalue weighted by molar-refractivity contribution is 5.83. The van der Waals surface area contributed by atoms with Gasteiger partial charge in [-0.1, -0.05) is 57.2 Å². The van der Waals surface area contributed by atoms with Gasteiger partial charge < -0.3 is 10.3 Å². The van der Waals surface area contributed by atoms with Gasteiger partial charge in [-0.15, -0.1) is 0 Å². The summed E-state index contributed by atoms with van der Waals surface area (Å²) in [4.78, 5) is 3.33. The minimum atomic E-state index is 0.143. The second-order valence-corrected chi connectivity index (χ2v) is 6.51. The van der Waals surface area contributed by atoms with Crippen molar-refractivity contribution < 1.29 is 0 Å². The van der Waals surface area contributed by atoms with Crippen LogP contribution in [0.5, 0.6) is 0 Å². The van der Waals surface area contributed by atoms with Crippen molar-refractivity contribution in [1.29, 1.82) is 0 Å². The Morgan fingerprint density at radius 2 is 1.67 bits per heavy atom. The third kappa shape index (κ3) is 2.80. The number of hydrogen-bond donors (Lipinski definition) is 2. The third-order valence-electron chi connectivity index (χ3n) is 3.88. The highest BCUT2D eigenvalue weighted by atomic mass is 14.9. The number of rotatable bonds is 3. The molecule has 0 aliphatic carbocycles. The fourth-order valence-electron chi connectivity index (χ4n) is 2.76. The van der Waals surface area contributed by atoms with E-state index in [1.165, 1.54) is 27.7 Å². The molecule has 3 aromatic rings. The summed E-state index contributed by atoms with van der Waals surface area (Å²) in [6.07, 6.45) is 2.09. The van der Waals surface area contributed by atoms with Gasteiger partial charge in [0.2, 0.25) is 0 Å². The lowest BCUT2D eigenvalue weighted by atomic mass is 9.86. The molecule has 0 bridgehead atoms. The molecule has 2 heteroatoms. The quantitative estimate of drug-likeness (QED) is 0.687. The van der Waals surface area contributed by atoms with E-state index in [1.54, 1.807) is 0 Å². The van der Waals surface area contributed by atoms with E-state index in [-0.39, 0.29) is 5.41 Å². The van der Waals surface area contributed by atoms with Crippen LogP contribution in [0.25, 0.3) is 10.9 Å². The fraction of sp³-hybridized carbons (Fsp3) is 0.263. The largest absolute Gasteiger partial charge is 0.381 e. The first kappa shape index (κ1) is 13.7. The van der Waals surface area contributed by atoms with E-state index < -0.39 is 0 Å². The van der Waals surface area contributed by atoms with Crippen LogP contribution in [-0.4, -0.2) is 4.98 Å². The second-order valence-electron chi connectivity index (χ2n) is 6.51. The summed E-state index contributed by atoms with van der Waals surface area (Å²) in [5, 5.41) is 4.88. The molecule has 0 saturated carbocycles. The van der Waals surface area contributed by atoms with E-state index in [0.717, 1.165) is 6.54 Å². The van der Waals surface area contributed by atoms with Gasteiger partial charge in [-0.25, -0.2) is 0 Å². The number of nitrogens with one attached hydrogen (secondary N) is 2. The lowest BCUT2D eigenvalue weighted by molar-refractivity contribution is 0.591. The molecular weight excluding hydrogens is 256 g/mol. The van der Waals surface area contributed by atoms with E-state index in [9.17, 15) is 0 Å². The van der Waals surface area contributed by atoms with Gasteiger partial charge in [0.25, 0.3) is 0 Å². The Kier molecular flexibility index (Phi) is 3.46. The molecule has 0 amide bonds. The van der Waals surface area contributed by atoms with Gasteiger partial charge in [0, 0.05) is 29.3 Å². The lowest BCUT2D eigenvalue weighted by Gasteiger charge is -2.23. The van der Waals surface area contributed by atoms with E-state index in [2.05, 4.69) is 85.8 Å². The SMILES string of the molecule is CC(C)(C)c1ccccc1NCc1c[nH]c2ccccc12. The van der Waals surface area contributed by atoms with Crippen molar-refractivity contribution in [2.45, 2.75) is 32.7 Å². The van der Waals surface area contributed by atoms with Gasteiger partial charge in [-0.05, 0) is 28.7 Å². The zero-order valence-corrected chi connectivity index (χ0v) is 12.9. The van der Waals surface area contributed by atoms with Crippen molar-refractivity contribution in [3.63, 3.8) is 0 Å². The van der Waals surface area contributed by atoms with Crippen LogP contribution in [-0.2, 0) is 12.0 Å². The van der Waals surface area contributed by atoms with E-state index in [4.69, 9.17) is 0 Å². The van der Waals surface area contributed by atoms with E-state index in [0.29, 0.717) is 0 Å². The van der Waals surface area contributed by atoms with Gasteiger partial charge in [0.15, 0.2) is 0 Å². The standard InChI is InChI=1S/C19H22N2/c1-19(2,3)16-9-5-7-11-18(16)21-13-14-12-20-17-10-6-4-8-15(14)17/h4-12,20-21H,13H2,1-3H3. The molecule has 0 fully saturated rings. The summed E-state index contributed by atoms with van der Waals surface area (Å²) in [5.74, 6) is 0. The molecule has 2 nitrogen and oxygen atoms in total. The maximum Gasteiger partial charge on any atom is 0.0457 e. The Bertz CT molecular complexity index is 747. The first-order valence-corrected chi connectivity index (χ1v) is 7.44. The van der Waals surface area contributed by atoms with Crippen LogP contribution in [0.3, 0.4) is 0 Å². The molecule has 21 heavy (non-hydrogen) atoms. The van der Waals surface area contributed by atoms with Crippen LogP contribution in [0.1, 0.15) is 31.9 Å². The molecule has 3 rings (SSSR count). The third-order valence-corrected chi connectivity index (χ3v) is 3.88. The highest BCUT2D eigenvalue weighted by Gasteiger charge is 2.17. The van der Waals surface area contributed by atoms with Crippen LogP contribution >= 0.6 is 0 Å². The lowest BCUT2D eigenvalue weighted by Crippen LogP contribution is -2.14. The molecule has 108 valence electrons. The molecule has 1 aromatic heterocycles. The minimum absolute atomic E-state index is 0.143. The number of fused-ring (bicyclic) bond motifs is 1. The molecule has 0 aliphatic heterocycles. The van der Waals surface area contributed by atoms with Crippen LogP contribution in [0.15, 0.2) is 54.7 Å². The van der Waals surface area contributed by atoms with Crippen molar-refractivity contribution in [3.8, 4) is 0 Å². The van der Waals surface area contributed by atoms with Crippen molar-refractivity contribution >= 4 is 16.6 Å². The summed E-state index contributed by atoms with van der Waals surface area (Å²) in [5.41, 5.74) is 5.21. The average Bonchev–Trinajstić information content (AvgIpc) is 2.88. The Balaban J connectivity index is 1.86. The van der Waals surface area contributed by atoms with E-state index >= 15 is 0 Å². The zero-order valence-electron chi connectivity index (χ0n) is 12.9. The van der Waals surface area contributed by atoms with Gasteiger partial charge in [0.1, 0.15) is 0 Å². The maximum absolute atomic E-state index is 3.59. The first-order chi connectivity index (χ1) is 10.1. The monoisotopic (exact) mass is 278 g/mol. The number of aromatic amines is 1. The van der Waals surface area contributed by atoms with Crippen molar-refractivity contribution in [2.75, 3.05) is 5.32 Å². The molecule has 1 heterocycles. The van der Waals surface area contributed by atoms with Crippen molar-refractivity contribution in [1.82, 2.24) is 4.98 Å². The Hall–Kier alpha value is -2.22. The second kappa shape index (κ2) is 5.28. The highest BCUT2D eigenvalue weighted by Crippen LogP contribution is 2.30. The van der Waals surface area contributed by atoms with Crippen LogP contribution < -0.4 is 5.32 Å². The number of para-hydroxylation sites is 2. The number of anilines is 1. The van der Waals surface area contributed by atoms with Crippen LogP contribution in [0.2, 0.25) is 0 Å². The van der Waals surface area contributed by atoms with Gasteiger partial charge >= 0.3 is 0 Å². The Morgan fingerprint density at radius 1 is 0.952 bits per heavy atom. The fourth-order valence-corrected chi connectivity index (χ4v) is 2.76. The molecule has 0 aliphatic rings. The van der Waals surface area contributed by atoms with Crippen LogP contribution in [0, 0.1) is 0 Å². The molecule has 2 aromatic carbocycles. The molecule has 0 radical (unpaired) electrons. The molecule has 0 atom stereocenters. The molecule has 2 N–H and O–H groups in total. The normalized spacial score (nSPS) is 11.8. The summed E-state index contributed by atoms with van der Waals surface area (Å²) in [7, 11) is 0. The number of aromatic nitrogens is 1. The molecule has 0 unspecified atom stereocenters. The molecule has 0 spiro atoms. The minimum Gasteiger partial charge on any atom is -0.381 e. The van der Waals surface area contributed by atoms with Gasteiger partial charge in [0.05, 0.1) is 0 Å². The Labute approximate surface area is 126 Å². The predicted molar refractivity (Wildman–Crippen MR) is 90.8 cm³/mol. The first-order valence-electron chi connectivity index (χ1n) is 7.44. The molecular formula is C19H22N2. The summed E-state index contributed by atoms with van der Waals surface area (Å²) in [6, 6.07) is 17.0. The number of benzene rings is 2. The summed E-state index contributed by atoms with van der Waals surface area (Å²) < 4.78 is 0. The van der Waals surface area contributed by atoms with E-state index in [1.807, 2.05) is 0 Å².